The highest BCUT2D eigenvalue weighted by Crippen LogP contribution is 2.23. The standard InChI is InChI=1S/C22H29N5O3S/c1-16-18(17(2)27-22(23-16)19-6-4-5-7-20(19)24-27)8-9-21(28)26-12-10-25(11-13-26)14-15-31(3,29)30/h4-7H,8-15H2,1-3H3. The van der Waals surface area contributed by atoms with Gasteiger partial charge in [-0.25, -0.2) is 17.9 Å². The minimum absolute atomic E-state index is 0.132. The second-order valence-electron chi connectivity index (χ2n) is 8.37. The fourth-order valence-corrected chi connectivity index (χ4v) is 4.83. The zero-order valence-corrected chi connectivity index (χ0v) is 19.2. The normalized spacial score (nSPS) is 15.8. The van der Waals surface area contributed by atoms with Crippen LogP contribution in [0.4, 0.5) is 0 Å². The Kier molecular flexibility index (Phi) is 5.98. The minimum atomic E-state index is -2.96. The molecule has 1 saturated heterocycles. The Morgan fingerprint density at radius 3 is 2.52 bits per heavy atom. The Morgan fingerprint density at radius 1 is 1.10 bits per heavy atom. The smallest absolute Gasteiger partial charge is 0.222 e. The summed E-state index contributed by atoms with van der Waals surface area (Å²) in [5.41, 5.74) is 4.80. The largest absolute Gasteiger partial charge is 0.340 e. The zero-order chi connectivity index (χ0) is 22.2. The molecule has 0 spiro atoms. The molecule has 31 heavy (non-hydrogen) atoms. The van der Waals surface area contributed by atoms with Crippen LogP contribution >= 0.6 is 0 Å². The third kappa shape index (κ3) is 4.72. The van der Waals surface area contributed by atoms with E-state index in [4.69, 9.17) is 4.98 Å². The van der Waals surface area contributed by atoms with Gasteiger partial charge in [0.25, 0.3) is 0 Å². The van der Waals surface area contributed by atoms with Gasteiger partial charge in [-0.2, -0.15) is 5.10 Å². The topological polar surface area (TPSA) is 87.9 Å². The second kappa shape index (κ2) is 8.55. The molecule has 166 valence electrons. The number of aryl methyl sites for hydroxylation is 2. The van der Waals surface area contributed by atoms with Crippen LogP contribution in [0.15, 0.2) is 24.3 Å². The van der Waals surface area contributed by atoms with Crippen LogP contribution in [0.1, 0.15) is 23.4 Å². The molecule has 1 aliphatic rings. The molecular formula is C22H29N5O3S. The maximum Gasteiger partial charge on any atom is 0.222 e. The van der Waals surface area contributed by atoms with Crippen molar-refractivity contribution in [3.8, 4) is 0 Å². The van der Waals surface area contributed by atoms with E-state index in [0.29, 0.717) is 45.6 Å². The van der Waals surface area contributed by atoms with Crippen LogP contribution in [-0.2, 0) is 21.1 Å². The lowest BCUT2D eigenvalue weighted by Gasteiger charge is -2.34. The highest BCUT2D eigenvalue weighted by atomic mass is 32.2. The van der Waals surface area contributed by atoms with E-state index < -0.39 is 9.84 Å². The molecule has 0 unspecified atom stereocenters. The van der Waals surface area contributed by atoms with E-state index in [-0.39, 0.29) is 11.7 Å². The van der Waals surface area contributed by atoms with Crippen LogP contribution in [0.5, 0.6) is 0 Å². The van der Waals surface area contributed by atoms with Gasteiger partial charge in [0.2, 0.25) is 5.91 Å². The fourth-order valence-electron chi connectivity index (χ4n) is 4.24. The lowest BCUT2D eigenvalue weighted by molar-refractivity contribution is -0.132. The quantitative estimate of drug-likeness (QED) is 0.575. The number of carbonyl (C=O) groups excluding carboxylic acids is 1. The summed E-state index contributed by atoms with van der Waals surface area (Å²) in [6.07, 6.45) is 2.32. The predicted octanol–water partition coefficient (Wildman–Crippen LogP) is 1.62. The van der Waals surface area contributed by atoms with Gasteiger partial charge in [0.05, 0.1) is 11.3 Å². The molecule has 3 heterocycles. The number of piperazine rings is 1. The third-order valence-electron chi connectivity index (χ3n) is 6.11. The maximum atomic E-state index is 12.8. The lowest BCUT2D eigenvalue weighted by atomic mass is 10.1. The Bertz CT molecular complexity index is 1230. The van der Waals surface area contributed by atoms with Crippen molar-refractivity contribution in [2.45, 2.75) is 26.7 Å². The molecule has 3 aromatic rings. The Morgan fingerprint density at radius 2 is 1.81 bits per heavy atom. The van der Waals surface area contributed by atoms with E-state index in [9.17, 15) is 13.2 Å². The summed E-state index contributed by atoms with van der Waals surface area (Å²) in [6, 6.07) is 7.97. The highest BCUT2D eigenvalue weighted by molar-refractivity contribution is 7.90. The van der Waals surface area contributed by atoms with Crippen LogP contribution < -0.4 is 0 Å². The molecule has 9 heteroatoms. The van der Waals surface area contributed by atoms with Crippen LogP contribution in [0, 0.1) is 13.8 Å². The summed E-state index contributed by atoms with van der Waals surface area (Å²) in [6.45, 7) is 7.27. The average molecular weight is 444 g/mol. The van der Waals surface area contributed by atoms with Crippen molar-refractivity contribution in [3.63, 3.8) is 0 Å². The molecule has 1 aliphatic heterocycles. The van der Waals surface area contributed by atoms with E-state index in [1.54, 1.807) is 0 Å². The first-order valence-electron chi connectivity index (χ1n) is 10.6. The van der Waals surface area contributed by atoms with Crippen molar-refractivity contribution in [1.82, 2.24) is 24.4 Å². The number of fused-ring (bicyclic) bond motifs is 3. The number of rotatable bonds is 6. The molecule has 0 saturated carbocycles. The van der Waals surface area contributed by atoms with Gasteiger partial charge in [-0.15, -0.1) is 0 Å². The number of amides is 1. The molecule has 0 radical (unpaired) electrons. The van der Waals surface area contributed by atoms with E-state index in [1.807, 2.05) is 47.5 Å². The first kappa shape index (κ1) is 21.7. The summed E-state index contributed by atoms with van der Waals surface area (Å²) in [5.74, 6) is 0.296. The molecule has 0 atom stereocenters. The van der Waals surface area contributed by atoms with Crippen LogP contribution in [0.2, 0.25) is 0 Å². The maximum absolute atomic E-state index is 12.8. The van der Waals surface area contributed by atoms with Gasteiger partial charge in [-0.1, -0.05) is 12.1 Å². The molecule has 0 aliphatic carbocycles. The fraction of sp³-hybridized carbons (Fsp3) is 0.500. The molecule has 8 nitrogen and oxygen atoms in total. The van der Waals surface area contributed by atoms with Crippen LogP contribution in [0.3, 0.4) is 0 Å². The number of hydrogen-bond donors (Lipinski definition) is 0. The predicted molar refractivity (Wildman–Crippen MR) is 121 cm³/mol. The molecule has 4 rings (SSSR count). The lowest BCUT2D eigenvalue weighted by Crippen LogP contribution is -2.49. The highest BCUT2D eigenvalue weighted by Gasteiger charge is 2.22. The molecule has 1 amide bonds. The van der Waals surface area contributed by atoms with E-state index in [0.717, 1.165) is 33.5 Å². The molecule has 0 bridgehead atoms. The summed E-state index contributed by atoms with van der Waals surface area (Å²) < 4.78 is 24.6. The molecule has 0 N–H and O–H groups in total. The van der Waals surface area contributed by atoms with Gasteiger partial charge in [0.15, 0.2) is 5.65 Å². The minimum Gasteiger partial charge on any atom is -0.340 e. The number of benzene rings is 1. The SMILES string of the molecule is Cc1nc2c3ccccc3nn2c(C)c1CCC(=O)N1CCN(CCS(C)(=O)=O)CC1. The number of nitrogens with zero attached hydrogens (tertiary/aromatic N) is 5. The molecule has 1 fully saturated rings. The Hall–Kier alpha value is -2.52. The first-order chi connectivity index (χ1) is 14.7. The Labute approximate surface area is 182 Å². The van der Waals surface area contributed by atoms with Gasteiger partial charge in [0, 0.05) is 62.2 Å². The monoisotopic (exact) mass is 443 g/mol. The summed E-state index contributed by atoms with van der Waals surface area (Å²) in [4.78, 5) is 21.6. The zero-order valence-electron chi connectivity index (χ0n) is 18.3. The van der Waals surface area contributed by atoms with Crippen molar-refractivity contribution >= 4 is 32.3 Å². The van der Waals surface area contributed by atoms with Crippen molar-refractivity contribution in [2.24, 2.45) is 0 Å². The second-order valence-corrected chi connectivity index (χ2v) is 10.6. The van der Waals surface area contributed by atoms with Crippen LogP contribution in [-0.4, -0.2) is 83.5 Å². The average Bonchev–Trinajstić information content (AvgIpc) is 3.10. The van der Waals surface area contributed by atoms with Gasteiger partial charge < -0.3 is 4.90 Å². The van der Waals surface area contributed by atoms with Crippen molar-refractivity contribution in [1.29, 1.82) is 0 Å². The van der Waals surface area contributed by atoms with E-state index >= 15 is 0 Å². The molecule has 2 aromatic heterocycles. The van der Waals surface area contributed by atoms with E-state index in [1.165, 1.54) is 6.26 Å². The van der Waals surface area contributed by atoms with Gasteiger partial charge >= 0.3 is 0 Å². The first-order valence-corrected chi connectivity index (χ1v) is 12.7. The summed E-state index contributed by atoms with van der Waals surface area (Å²) in [7, 11) is -2.96. The van der Waals surface area contributed by atoms with Crippen molar-refractivity contribution < 1.29 is 13.2 Å². The van der Waals surface area contributed by atoms with Gasteiger partial charge in [0.1, 0.15) is 9.84 Å². The van der Waals surface area contributed by atoms with Crippen molar-refractivity contribution in [3.05, 3.63) is 41.2 Å². The number of hydrogen-bond acceptors (Lipinski definition) is 6. The number of carbonyl (C=O) groups is 1. The van der Waals surface area contributed by atoms with Gasteiger partial charge in [-0.05, 0) is 38.0 Å². The molecular weight excluding hydrogens is 414 g/mol. The van der Waals surface area contributed by atoms with Crippen LogP contribution in [0.25, 0.3) is 16.6 Å². The van der Waals surface area contributed by atoms with Gasteiger partial charge in [-0.3, -0.25) is 9.69 Å². The number of aromatic nitrogens is 3. The summed E-state index contributed by atoms with van der Waals surface area (Å²) in [5, 5.41) is 5.72. The summed E-state index contributed by atoms with van der Waals surface area (Å²) >= 11 is 0. The van der Waals surface area contributed by atoms with Crippen molar-refractivity contribution in [2.75, 3.05) is 44.7 Å². The molecule has 1 aromatic carbocycles. The Balaban J connectivity index is 1.40. The number of sulfone groups is 1. The third-order valence-corrected chi connectivity index (χ3v) is 7.03. The van der Waals surface area contributed by atoms with E-state index in [2.05, 4.69) is 10.00 Å².